The monoisotopic (exact) mass is 340 g/mol. The smallest absolute Gasteiger partial charge is 0.308 e. The first-order chi connectivity index (χ1) is 11.6. The van der Waals surface area contributed by atoms with Gasteiger partial charge in [0.1, 0.15) is 0 Å². The minimum absolute atomic E-state index is 0.349. The average Bonchev–Trinajstić information content (AvgIpc) is 2.96. The third-order valence-electron chi connectivity index (χ3n) is 3.41. The molecule has 0 aliphatic rings. The fraction of sp³-hybridized carbons (Fsp3) is 0.111. The van der Waals surface area contributed by atoms with Gasteiger partial charge in [0.05, 0.1) is 6.54 Å². The number of hydrogen-bond donors (Lipinski definition) is 2. The summed E-state index contributed by atoms with van der Waals surface area (Å²) in [6.07, 6.45) is 1.83. The lowest BCUT2D eigenvalue weighted by Gasteiger charge is -2.06. The Morgan fingerprint density at radius 3 is 2.67 bits per heavy atom. The van der Waals surface area contributed by atoms with Crippen LogP contribution in [0.1, 0.15) is 11.1 Å². The lowest BCUT2D eigenvalue weighted by molar-refractivity contribution is 0.262. The molecule has 2 amide bonds. The quantitative estimate of drug-likeness (QED) is 0.732. The van der Waals surface area contributed by atoms with Gasteiger partial charge < -0.3 is 5.32 Å². The van der Waals surface area contributed by atoms with Crippen LogP contribution in [0.15, 0.2) is 60.8 Å². The molecule has 3 rings (SSSR count). The van der Waals surface area contributed by atoms with E-state index in [-0.39, 0.29) is 6.03 Å². The summed E-state index contributed by atoms with van der Waals surface area (Å²) in [5.74, 6) is 0.495. The van der Waals surface area contributed by atoms with Crippen molar-refractivity contribution >= 4 is 29.1 Å². The number of aromatic nitrogens is 2. The van der Waals surface area contributed by atoms with E-state index in [1.165, 1.54) is 5.56 Å². The standard InChI is InChI=1S/C18H17ClN4O/c1-13-3-2-4-14(11-13)12-23-10-9-17(22-23)21-18(24)20-16-7-5-15(19)6-8-16/h2-11H,12H2,1H3,(H2,20,21,22,24). The minimum Gasteiger partial charge on any atom is -0.308 e. The Morgan fingerprint density at radius 1 is 1.12 bits per heavy atom. The Kier molecular flexibility index (Phi) is 4.82. The van der Waals surface area contributed by atoms with Gasteiger partial charge in [-0.3, -0.25) is 10.00 Å². The number of benzene rings is 2. The van der Waals surface area contributed by atoms with Crippen LogP contribution in [0.2, 0.25) is 5.02 Å². The minimum atomic E-state index is -0.349. The second-order valence-electron chi connectivity index (χ2n) is 5.47. The van der Waals surface area contributed by atoms with Gasteiger partial charge in [0.25, 0.3) is 0 Å². The number of rotatable bonds is 4. The number of urea groups is 1. The number of aryl methyl sites for hydroxylation is 1. The summed E-state index contributed by atoms with van der Waals surface area (Å²) in [4.78, 5) is 12.0. The molecule has 0 atom stereocenters. The molecule has 0 aliphatic carbocycles. The van der Waals surface area contributed by atoms with Gasteiger partial charge in [-0.1, -0.05) is 41.4 Å². The average molecular weight is 341 g/mol. The zero-order chi connectivity index (χ0) is 16.9. The van der Waals surface area contributed by atoms with Crippen LogP contribution in [0.3, 0.4) is 0 Å². The van der Waals surface area contributed by atoms with Crippen molar-refractivity contribution in [2.45, 2.75) is 13.5 Å². The van der Waals surface area contributed by atoms with Crippen LogP contribution < -0.4 is 10.6 Å². The van der Waals surface area contributed by atoms with Gasteiger partial charge in [0.2, 0.25) is 0 Å². The normalized spacial score (nSPS) is 10.4. The van der Waals surface area contributed by atoms with Crippen molar-refractivity contribution in [1.82, 2.24) is 9.78 Å². The number of nitrogens with one attached hydrogen (secondary N) is 2. The predicted molar refractivity (Wildman–Crippen MR) is 96.6 cm³/mol. The molecule has 0 aliphatic heterocycles. The first kappa shape index (κ1) is 16.1. The van der Waals surface area contributed by atoms with Gasteiger partial charge in [-0.05, 0) is 36.8 Å². The Balaban J connectivity index is 1.59. The number of carbonyl (C=O) groups excluding carboxylic acids is 1. The predicted octanol–water partition coefficient (Wildman–Crippen LogP) is 4.54. The molecule has 1 heterocycles. The molecule has 24 heavy (non-hydrogen) atoms. The van der Waals surface area contributed by atoms with Gasteiger partial charge in [-0.2, -0.15) is 5.10 Å². The van der Waals surface area contributed by atoms with E-state index in [1.54, 1.807) is 35.0 Å². The van der Waals surface area contributed by atoms with E-state index in [1.807, 2.05) is 12.3 Å². The summed E-state index contributed by atoms with van der Waals surface area (Å²) in [5, 5.41) is 10.4. The molecule has 0 saturated heterocycles. The van der Waals surface area contributed by atoms with E-state index in [9.17, 15) is 4.79 Å². The van der Waals surface area contributed by atoms with Crippen molar-refractivity contribution in [3.63, 3.8) is 0 Å². The zero-order valence-corrected chi connectivity index (χ0v) is 13.9. The maximum absolute atomic E-state index is 12.0. The summed E-state index contributed by atoms with van der Waals surface area (Å²) in [5.41, 5.74) is 3.03. The maximum Gasteiger partial charge on any atom is 0.324 e. The van der Waals surface area contributed by atoms with Crippen molar-refractivity contribution in [1.29, 1.82) is 0 Å². The molecule has 1 aromatic heterocycles. The van der Waals surface area contributed by atoms with Crippen LogP contribution in [0.25, 0.3) is 0 Å². The Labute approximate surface area is 145 Å². The van der Waals surface area contributed by atoms with Gasteiger partial charge in [0.15, 0.2) is 5.82 Å². The Hall–Kier alpha value is -2.79. The molecule has 0 radical (unpaired) electrons. The second-order valence-corrected chi connectivity index (χ2v) is 5.91. The summed E-state index contributed by atoms with van der Waals surface area (Å²) in [6.45, 7) is 2.71. The van der Waals surface area contributed by atoms with E-state index in [0.717, 1.165) is 5.56 Å². The number of anilines is 2. The number of carbonyl (C=O) groups is 1. The molecule has 0 bridgehead atoms. The molecular weight excluding hydrogens is 324 g/mol. The summed E-state index contributed by atoms with van der Waals surface area (Å²) in [6, 6.07) is 16.6. The molecule has 6 heteroatoms. The number of amides is 2. The Morgan fingerprint density at radius 2 is 1.92 bits per heavy atom. The van der Waals surface area contributed by atoms with Crippen molar-refractivity contribution in [2.24, 2.45) is 0 Å². The first-order valence-corrected chi connectivity index (χ1v) is 7.89. The van der Waals surface area contributed by atoms with Crippen LogP contribution >= 0.6 is 11.6 Å². The zero-order valence-electron chi connectivity index (χ0n) is 13.2. The van der Waals surface area contributed by atoms with Crippen LogP contribution in [0, 0.1) is 6.92 Å². The van der Waals surface area contributed by atoms with Crippen LogP contribution in [-0.4, -0.2) is 15.8 Å². The summed E-state index contributed by atoms with van der Waals surface area (Å²) >= 11 is 5.82. The SMILES string of the molecule is Cc1cccc(Cn2ccc(NC(=O)Nc3ccc(Cl)cc3)n2)c1. The van der Waals surface area contributed by atoms with E-state index in [2.05, 4.69) is 40.9 Å². The topological polar surface area (TPSA) is 59.0 Å². The van der Waals surface area contributed by atoms with Crippen molar-refractivity contribution in [3.05, 3.63) is 76.9 Å². The first-order valence-electron chi connectivity index (χ1n) is 7.51. The molecule has 2 N–H and O–H groups in total. The molecule has 0 saturated carbocycles. The van der Waals surface area contributed by atoms with Crippen LogP contribution in [0.5, 0.6) is 0 Å². The maximum atomic E-state index is 12.0. The molecule has 122 valence electrons. The highest BCUT2D eigenvalue weighted by atomic mass is 35.5. The number of hydrogen-bond acceptors (Lipinski definition) is 2. The Bertz CT molecular complexity index is 842. The van der Waals surface area contributed by atoms with Gasteiger partial charge >= 0.3 is 6.03 Å². The van der Waals surface area contributed by atoms with Crippen LogP contribution in [-0.2, 0) is 6.54 Å². The van der Waals surface area contributed by atoms with Gasteiger partial charge in [-0.15, -0.1) is 0 Å². The molecule has 2 aromatic carbocycles. The lowest BCUT2D eigenvalue weighted by atomic mass is 10.1. The van der Waals surface area contributed by atoms with Crippen LogP contribution in [0.4, 0.5) is 16.3 Å². The molecular formula is C18H17ClN4O. The van der Waals surface area contributed by atoms with Crippen molar-refractivity contribution in [3.8, 4) is 0 Å². The highest BCUT2D eigenvalue weighted by Gasteiger charge is 2.06. The summed E-state index contributed by atoms with van der Waals surface area (Å²) in [7, 11) is 0. The second kappa shape index (κ2) is 7.19. The highest BCUT2D eigenvalue weighted by Crippen LogP contribution is 2.14. The van der Waals surface area contributed by atoms with E-state index >= 15 is 0 Å². The largest absolute Gasteiger partial charge is 0.324 e. The van der Waals surface area contributed by atoms with Crippen molar-refractivity contribution in [2.75, 3.05) is 10.6 Å². The fourth-order valence-corrected chi connectivity index (χ4v) is 2.45. The number of nitrogens with zero attached hydrogens (tertiary/aromatic N) is 2. The third-order valence-corrected chi connectivity index (χ3v) is 3.66. The molecule has 5 nitrogen and oxygen atoms in total. The van der Waals surface area contributed by atoms with Gasteiger partial charge in [-0.25, -0.2) is 4.79 Å². The van der Waals surface area contributed by atoms with E-state index in [4.69, 9.17) is 11.6 Å². The number of halogens is 1. The summed E-state index contributed by atoms with van der Waals surface area (Å²) < 4.78 is 1.78. The molecule has 3 aromatic rings. The highest BCUT2D eigenvalue weighted by molar-refractivity contribution is 6.30. The van der Waals surface area contributed by atoms with E-state index in [0.29, 0.717) is 23.1 Å². The molecule has 0 spiro atoms. The third kappa shape index (κ3) is 4.36. The van der Waals surface area contributed by atoms with E-state index < -0.39 is 0 Å². The van der Waals surface area contributed by atoms with Gasteiger partial charge in [0, 0.05) is 23.0 Å². The lowest BCUT2D eigenvalue weighted by Crippen LogP contribution is -2.19. The fourth-order valence-electron chi connectivity index (χ4n) is 2.33. The molecule has 0 unspecified atom stereocenters. The molecule has 0 fully saturated rings. The van der Waals surface area contributed by atoms with Crippen molar-refractivity contribution < 1.29 is 4.79 Å².